The molecule has 0 aliphatic carbocycles. The Hall–Kier alpha value is -2.26. The SMILES string of the molecule is CCOc1ccc(C2=NCCc3c2oc2ccccc32)cc1.Cl. The highest BCUT2D eigenvalue weighted by Crippen LogP contribution is 2.31. The number of nitrogens with zero attached hydrogens (tertiary/aromatic N) is 1. The number of para-hydroxylation sites is 1. The molecule has 0 amide bonds. The van der Waals surface area contributed by atoms with Gasteiger partial charge in [0.1, 0.15) is 17.0 Å². The minimum Gasteiger partial charge on any atom is -0.494 e. The van der Waals surface area contributed by atoms with Crippen LogP contribution in [0.25, 0.3) is 11.0 Å². The smallest absolute Gasteiger partial charge is 0.157 e. The Morgan fingerprint density at radius 2 is 1.87 bits per heavy atom. The van der Waals surface area contributed by atoms with Gasteiger partial charge in [0.2, 0.25) is 0 Å². The van der Waals surface area contributed by atoms with Crippen LogP contribution < -0.4 is 4.74 Å². The molecule has 118 valence electrons. The first-order valence-electron chi connectivity index (χ1n) is 7.65. The molecule has 4 rings (SSSR count). The Balaban J connectivity index is 0.00000156. The summed E-state index contributed by atoms with van der Waals surface area (Å²) in [7, 11) is 0. The average molecular weight is 328 g/mol. The first-order valence-corrected chi connectivity index (χ1v) is 7.65. The van der Waals surface area contributed by atoms with Gasteiger partial charge in [0.25, 0.3) is 0 Å². The molecule has 0 bridgehead atoms. The third-order valence-corrected chi connectivity index (χ3v) is 3.98. The van der Waals surface area contributed by atoms with Crippen LogP contribution in [-0.4, -0.2) is 18.9 Å². The molecule has 3 aromatic rings. The van der Waals surface area contributed by atoms with Crippen molar-refractivity contribution in [2.75, 3.05) is 13.2 Å². The van der Waals surface area contributed by atoms with Crippen molar-refractivity contribution in [2.24, 2.45) is 4.99 Å². The van der Waals surface area contributed by atoms with Crippen LogP contribution in [0.1, 0.15) is 23.8 Å². The zero-order valence-corrected chi connectivity index (χ0v) is 13.7. The highest BCUT2D eigenvalue weighted by atomic mass is 35.5. The molecular weight excluding hydrogens is 310 g/mol. The van der Waals surface area contributed by atoms with Crippen LogP contribution >= 0.6 is 12.4 Å². The van der Waals surface area contributed by atoms with E-state index >= 15 is 0 Å². The summed E-state index contributed by atoms with van der Waals surface area (Å²) in [4.78, 5) is 4.69. The fourth-order valence-corrected chi connectivity index (χ4v) is 2.99. The maximum Gasteiger partial charge on any atom is 0.157 e. The molecule has 0 unspecified atom stereocenters. The van der Waals surface area contributed by atoms with Gasteiger partial charge < -0.3 is 9.15 Å². The molecule has 0 atom stereocenters. The van der Waals surface area contributed by atoms with Crippen molar-refractivity contribution in [1.82, 2.24) is 0 Å². The van der Waals surface area contributed by atoms with Gasteiger partial charge in [-0.2, -0.15) is 0 Å². The third-order valence-electron chi connectivity index (χ3n) is 3.98. The lowest BCUT2D eigenvalue weighted by molar-refractivity contribution is 0.340. The number of benzene rings is 2. The zero-order chi connectivity index (χ0) is 14.9. The van der Waals surface area contributed by atoms with Gasteiger partial charge in [-0.3, -0.25) is 4.99 Å². The number of rotatable bonds is 3. The lowest BCUT2D eigenvalue weighted by atomic mass is 9.98. The highest BCUT2D eigenvalue weighted by Gasteiger charge is 2.22. The van der Waals surface area contributed by atoms with E-state index in [1.165, 1.54) is 10.9 Å². The van der Waals surface area contributed by atoms with Crippen LogP contribution in [-0.2, 0) is 6.42 Å². The van der Waals surface area contributed by atoms with Crippen LogP contribution in [0.4, 0.5) is 0 Å². The summed E-state index contributed by atoms with van der Waals surface area (Å²) in [5.41, 5.74) is 4.23. The van der Waals surface area contributed by atoms with Crippen molar-refractivity contribution in [1.29, 1.82) is 0 Å². The molecule has 1 aliphatic rings. The number of ether oxygens (including phenoxy) is 1. The molecule has 0 saturated heterocycles. The molecule has 3 nitrogen and oxygen atoms in total. The molecular formula is C19H18ClNO2. The molecule has 4 heteroatoms. The van der Waals surface area contributed by atoms with E-state index < -0.39 is 0 Å². The number of furan rings is 1. The van der Waals surface area contributed by atoms with Gasteiger partial charge in [-0.15, -0.1) is 12.4 Å². The number of hydrogen-bond acceptors (Lipinski definition) is 3. The van der Waals surface area contributed by atoms with Gasteiger partial charge in [0, 0.05) is 23.1 Å². The summed E-state index contributed by atoms with van der Waals surface area (Å²) in [6.07, 6.45) is 0.937. The summed E-state index contributed by atoms with van der Waals surface area (Å²) in [6, 6.07) is 16.3. The van der Waals surface area contributed by atoms with Crippen LogP contribution in [0.15, 0.2) is 57.9 Å². The minimum atomic E-state index is 0. The van der Waals surface area contributed by atoms with E-state index in [2.05, 4.69) is 12.1 Å². The van der Waals surface area contributed by atoms with Crippen LogP contribution in [0.3, 0.4) is 0 Å². The van der Waals surface area contributed by atoms with Gasteiger partial charge >= 0.3 is 0 Å². The summed E-state index contributed by atoms with van der Waals surface area (Å²) in [6.45, 7) is 3.47. The Morgan fingerprint density at radius 1 is 1.09 bits per heavy atom. The molecule has 2 aromatic carbocycles. The zero-order valence-electron chi connectivity index (χ0n) is 12.9. The fourth-order valence-electron chi connectivity index (χ4n) is 2.99. The van der Waals surface area contributed by atoms with Gasteiger partial charge in [-0.1, -0.05) is 18.2 Å². The van der Waals surface area contributed by atoms with Gasteiger partial charge in [0.15, 0.2) is 5.76 Å². The van der Waals surface area contributed by atoms with E-state index in [0.717, 1.165) is 41.3 Å². The van der Waals surface area contributed by atoms with E-state index in [0.29, 0.717) is 6.61 Å². The number of halogens is 1. The molecule has 23 heavy (non-hydrogen) atoms. The largest absolute Gasteiger partial charge is 0.494 e. The van der Waals surface area contributed by atoms with Gasteiger partial charge in [0.05, 0.1) is 6.61 Å². The van der Waals surface area contributed by atoms with E-state index in [1.807, 2.05) is 43.3 Å². The molecule has 0 N–H and O–H groups in total. The molecule has 1 aromatic heterocycles. The van der Waals surface area contributed by atoms with Crippen LogP contribution in [0.5, 0.6) is 5.75 Å². The van der Waals surface area contributed by atoms with Crippen molar-refractivity contribution < 1.29 is 9.15 Å². The summed E-state index contributed by atoms with van der Waals surface area (Å²) >= 11 is 0. The second kappa shape index (κ2) is 6.47. The predicted octanol–water partition coefficient (Wildman–Crippen LogP) is 4.65. The topological polar surface area (TPSA) is 34.7 Å². The molecule has 0 fully saturated rings. The Kier molecular flexibility index (Phi) is 4.39. The summed E-state index contributed by atoms with van der Waals surface area (Å²) < 4.78 is 11.6. The Labute approximate surface area is 141 Å². The molecule has 1 aliphatic heterocycles. The standard InChI is InChI=1S/C19H17NO2.ClH/c1-2-21-14-9-7-13(8-10-14)18-19-16(11-12-20-18)15-5-3-4-6-17(15)22-19;/h3-10H,2,11-12H2,1H3;1H. The Morgan fingerprint density at radius 3 is 2.65 bits per heavy atom. The maximum absolute atomic E-state index is 6.07. The maximum atomic E-state index is 6.07. The number of fused-ring (bicyclic) bond motifs is 3. The summed E-state index contributed by atoms with van der Waals surface area (Å²) in [5.74, 6) is 1.80. The normalized spacial score (nSPS) is 13.2. The number of aliphatic imine (C=N–C) groups is 1. The molecule has 0 saturated carbocycles. The molecule has 2 heterocycles. The second-order valence-corrected chi connectivity index (χ2v) is 5.34. The monoisotopic (exact) mass is 327 g/mol. The first-order chi connectivity index (χ1) is 10.9. The first kappa shape index (κ1) is 15.6. The lowest BCUT2D eigenvalue weighted by Gasteiger charge is -2.12. The highest BCUT2D eigenvalue weighted by molar-refractivity contribution is 6.14. The molecule has 0 radical (unpaired) electrons. The van der Waals surface area contributed by atoms with Crippen molar-refractivity contribution in [3.63, 3.8) is 0 Å². The third kappa shape index (κ3) is 2.73. The van der Waals surface area contributed by atoms with Gasteiger partial charge in [-0.05, 0) is 43.7 Å². The van der Waals surface area contributed by atoms with E-state index in [9.17, 15) is 0 Å². The quantitative estimate of drug-likeness (QED) is 0.702. The van der Waals surface area contributed by atoms with Crippen LogP contribution in [0.2, 0.25) is 0 Å². The van der Waals surface area contributed by atoms with E-state index in [4.69, 9.17) is 14.1 Å². The van der Waals surface area contributed by atoms with Crippen molar-refractivity contribution in [2.45, 2.75) is 13.3 Å². The average Bonchev–Trinajstić information content (AvgIpc) is 2.95. The van der Waals surface area contributed by atoms with Crippen molar-refractivity contribution >= 4 is 29.1 Å². The van der Waals surface area contributed by atoms with Gasteiger partial charge in [-0.25, -0.2) is 0 Å². The Bertz CT molecular complexity index is 849. The van der Waals surface area contributed by atoms with Crippen LogP contribution in [0, 0.1) is 0 Å². The fraction of sp³-hybridized carbons (Fsp3) is 0.211. The number of hydrogen-bond donors (Lipinski definition) is 0. The lowest BCUT2D eigenvalue weighted by Crippen LogP contribution is -2.12. The van der Waals surface area contributed by atoms with E-state index in [1.54, 1.807) is 0 Å². The molecule has 0 spiro atoms. The second-order valence-electron chi connectivity index (χ2n) is 5.34. The van der Waals surface area contributed by atoms with Crippen molar-refractivity contribution in [3.05, 3.63) is 65.4 Å². The van der Waals surface area contributed by atoms with Crippen molar-refractivity contribution in [3.8, 4) is 5.75 Å². The predicted molar refractivity (Wildman–Crippen MR) is 95.3 cm³/mol. The minimum absolute atomic E-state index is 0. The summed E-state index contributed by atoms with van der Waals surface area (Å²) in [5, 5.41) is 1.20. The van der Waals surface area contributed by atoms with E-state index in [-0.39, 0.29) is 12.4 Å².